The smallest absolute Gasteiger partial charge is 0.339 e. The van der Waals surface area contributed by atoms with E-state index >= 15 is 0 Å². The van der Waals surface area contributed by atoms with Crippen LogP contribution in [0.2, 0.25) is 0 Å². The van der Waals surface area contributed by atoms with Gasteiger partial charge < -0.3 is 9.15 Å². The zero-order chi connectivity index (χ0) is 17.9. The van der Waals surface area contributed by atoms with E-state index in [0.29, 0.717) is 12.2 Å². The highest BCUT2D eigenvalue weighted by atomic mass is 16.5. The van der Waals surface area contributed by atoms with Crippen molar-refractivity contribution in [1.29, 1.82) is 0 Å². The van der Waals surface area contributed by atoms with Crippen LogP contribution in [0.4, 0.5) is 0 Å². The normalized spacial score (nSPS) is 13.9. The molecule has 1 aliphatic rings. The van der Waals surface area contributed by atoms with Gasteiger partial charge in [-0.1, -0.05) is 36.4 Å². The number of rotatable bonds is 4. The van der Waals surface area contributed by atoms with Gasteiger partial charge in [-0.3, -0.25) is 0 Å². The molecule has 0 aliphatic heterocycles. The molecule has 3 heteroatoms. The van der Waals surface area contributed by atoms with Crippen LogP contribution in [0.5, 0.6) is 5.75 Å². The maximum absolute atomic E-state index is 12.3. The summed E-state index contributed by atoms with van der Waals surface area (Å²) in [5.41, 5.74) is 4.55. The highest BCUT2D eigenvalue weighted by molar-refractivity contribution is 5.86. The molecule has 26 heavy (non-hydrogen) atoms. The van der Waals surface area contributed by atoms with E-state index in [4.69, 9.17) is 9.15 Å². The van der Waals surface area contributed by atoms with E-state index in [0.717, 1.165) is 53.5 Å². The Labute approximate surface area is 152 Å². The van der Waals surface area contributed by atoms with Gasteiger partial charge in [-0.25, -0.2) is 4.79 Å². The van der Waals surface area contributed by atoms with Gasteiger partial charge in [-0.05, 0) is 61.9 Å². The van der Waals surface area contributed by atoms with E-state index in [9.17, 15) is 4.79 Å². The second-order valence-corrected chi connectivity index (χ2v) is 6.74. The topological polar surface area (TPSA) is 39.4 Å². The third-order valence-corrected chi connectivity index (χ3v) is 5.04. The SMILES string of the molecule is Cc1c(OC/C=C/c2ccccc2)ccc2c3c(c(=O)oc12)CCCC3. The summed E-state index contributed by atoms with van der Waals surface area (Å²) >= 11 is 0. The lowest BCUT2D eigenvalue weighted by Crippen LogP contribution is -2.16. The first-order chi connectivity index (χ1) is 12.7. The molecule has 0 fully saturated rings. The lowest BCUT2D eigenvalue weighted by Gasteiger charge is -2.17. The van der Waals surface area contributed by atoms with Crippen molar-refractivity contribution in [3.05, 3.63) is 81.2 Å². The minimum absolute atomic E-state index is 0.184. The first kappa shape index (κ1) is 16.6. The second kappa shape index (κ2) is 7.20. The molecule has 1 aliphatic carbocycles. The van der Waals surface area contributed by atoms with E-state index in [1.54, 1.807) is 0 Å². The number of ether oxygens (including phenoxy) is 1. The maximum atomic E-state index is 12.3. The van der Waals surface area contributed by atoms with E-state index < -0.39 is 0 Å². The Morgan fingerprint density at radius 1 is 1.04 bits per heavy atom. The van der Waals surface area contributed by atoms with Gasteiger partial charge >= 0.3 is 5.63 Å². The van der Waals surface area contributed by atoms with Gasteiger partial charge in [0.15, 0.2) is 0 Å². The number of hydrogen-bond donors (Lipinski definition) is 0. The summed E-state index contributed by atoms with van der Waals surface area (Å²) < 4.78 is 11.6. The van der Waals surface area contributed by atoms with Gasteiger partial charge in [0.25, 0.3) is 0 Å². The van der Waals surface area contributed by atoms with Gasteiger partial charge in [-0.15, -0.1) is 0 Å². The van der Waals surface area contributed by atoms with Crippen molar-refractivity contribution in [2.75, 3.05) is 6.61 Å². The Kier molecular flexibility index (Phi) is 4.61. The molecule has 0 atom stereocenters. The highest BCUT2D eigenvalue weighted by Gasteiger charge is 2.19. The van der Waals surface area contributed by atoms with E-state index in [-0.39, 0.29) is 5.63 Å². The number of fused-ring (bicyclic) bond motifs is 3. The fourth-order valence-electron chi connectivity index (χ4n) is 3.67. The molecule has 0 bridgehead atoms. The zero-order valence-corrected chi connectivity index (χ0v) is 15.0. The van der Waals surface area contributed by atoms with Crippen LogP contribution in [0.25, 0.3) is 17.0 Å². The van der Waals surface area contributed by atoms with Crippen molar-refractivity contribution in [1.82, 2.24) is 0 Å². The summed E-state index contributed by atoms with van der Waals surface area (Å²) in [6.07, 6.45) is 8.01. The molecule has 0 unspecified atom stereocenters. The van der Waals surface area contributed by atoms with E-state index in [1.807, 2.05) is 49.4 Å². The highest BCUT2D eigenvalue weighted by Crippen LogP contribution is 2.32. The molecule has 0 spiro atoms. The average molecular weight is 346 g/mol. The van der Waals surface area contributed by atoms with Crippen molar-refractivity contribution in [3.63, 3.8) is 0 Å². The summed E-state index contributed by atoms with van der Waals surface area (Å²) in [6, 6.07) is 14.1. The fraction of sp³-hybridized carbons (Fsp3) is 0.261. The zero-order valence-electron chi connectivity index (χ0n) is 15.0. The van der Waals surface area contributed by atoms with Gasteiger partial charge in [0.1, 0.15) is 17.9 Å². The van der Waals surface area contributed by atoms with Crippen molar-refractivity contribution in [3.8, 4) is 5.75 Å². The van der Waals surface area contributed by atoms with Crippen molar-refractivity contribution in [2.24, 2.45) is 0 Å². The molecule has 132 valence electrons. The molecule has 0 N–H and O–H groups in total. The summed E-state index contributed by atoms with van der Waals surface area (Å²) in [5.74, 6) is 0.758. The van der Waals surface area contributed by atoms with Crippen molar-refractivity contribution >= 4 is 17.0 Å². The largest absolute Gasteiger partial charge is 0.489 e. The quantitative estimate of drug-likeness (QED) is 0.619. The molecule has 0 saturated carbocycles. The number of hydrogen-bond acceptors (Lipinski definition) is 3. The van der Waals surface area contributed by atoms with Crippen LogP contribution in [0.1, 0.15) is 35.1 Å². The molecule has 0 amide bonds. The predicted octanol–water partition coefficient (Wildman–Crippen LogP) is 5.07. The summed E-state index contributed by atoms with van der Waals surface area (Å²) in [6.45, 7) is 2.42. The second-order valence-electron chi connectivity index (χ2n) is 6.74. The van der Waals surface area contributed by atoms with Crippen LogP contribution < -0.4 is 10.4 Å². The number of aryl methyl sites for hydroxylation is 2. The molecule has 2 aromatic carbocycles. The Bertz CT molecular complexity index is 1010. The van der Waals surface area contributed by atoms with Crippen LogP contribution in [-0.2, 0) is 12.8 Å². The van der Waals surface area contributed by atoms with Gasteiger partial charge in [0.2, 0.25) is 0 Å². The molecular formula is C23H22O3. The Morgan fingerprint density at radius 3 is 2.62 bits per heavy atom. The third-order valence-electron chi connectivity index (χ3n) is 5.04. The monoisotopic (exact) mass is 346 g/mol. The standard InChI is InChI=1S/C23H22O3/c1-16-21(25-15-7-10-17-8-3-2-4-9-17)14-13-19-18-11-5-6-12-20(18)23(24)26-22(16)19/h2-4,7-10,13-14H,5-6,11-12,15H2,1H3/b10-7+. The maximum Gasteiger partial charge on any atom is 0.339 e. The summed E-state index contributed by atoms with van der Waals surface area (Å²) in [7, 11) is 0. The number of benzene rings is 2. The molecule has 0 radical (unpaired) electrons. The molecule has 0 saturated heterocycles. The van der Waals surface area contributed by atoms with Gasteiger partial charge in [0, 0.05) is 16.5 Å². The first-order valence-corrected chi connectivity index (χ1v) is 9.16. The van der Waals surface area contributed by atoms with Crippen LogP contribution in [0.3, 0.4) is 0 Å². The average Bonchev–Trinajstić information content (AvgIpc) is 2.68. The molecule has 3 aromatic rings. The van der Waals surface area contributed by atoms with Gasteiger partial charge in [0.05, 0.1) is 0 Å². The van der Waals surface area contributed by atoms with Crippen molar-refractivity contribution in [2.45, 2.75) is 32.6 Å². The molecule has 1 aromatic heterocycles. The summed E-state index contributed by atoms with van der Waals surface area (Å²) in [4.78, 5) is 12.3. The minimum atomic E-state index is -0.184. The fourth-order valence-corrected chi connectivity index (χ4v) is 3.67. The molecule has 4 rings (SSSR count). The predicted molar refractivity (Wildman–Crippen MR) is 105 cm³/mol. The molecule has 1 heterocycles. The van der Waals surface area contributed by atoms with Crippen LogP contribution in [-0.4, -0.2) is 6.61 Å². The van der Waals surface area contributed by atoms with Crippen molar-refractivity contribution < 1.29 is 9.15 Å². The van der Waals surface area contributed by atoms with Crippen LogP contribution >= 0.6 is 0 Å². The van der Waals surface area contributed by atoms with E-state index in [2.05, 4.69) is 12.1 Å². The lowest BCUT2D eigenvalue weighted by atomic mass is 9.90. The van der Waals surface area contributed by atoms with E-state index in [1.165, 1.54) is 5.56 Å². The molecular weight excluding hydrogens is 324 g/mol. The molecule has 3 nitrogen and oxygen atoms in total. The lowest BCUT2D eigenvalue weighted by molar-refractivity contribution is 0.360. The Morgan fingerprint density at radius 2 is 1.81 bits per heavy atom. The Balaban J connectivity index is 1.60. The minimum Gasteiger partial charge on any atom is -0.489 e. The van der Waals surface area contributed by atoms with Gasteiger partial charge in [-0.2, -0.15) is 0 Å². The Hall–Kier alpha value is -2.81. The third kappa shape index (κ3) is 3.17. The first-order valence-electron chi connectivity index (χ1n) is 9.16. The van der Waals surface area contributed by atoms with Crippen LogP contribution in [0.15, 0.2) is 57.8 Å². The van der Waals surface area contributed by atoms with Crippen LogP contribution in [0, 0.1) is 6.92 Å². The summed E-state index contributed by atoms with van der Waals surface area (Å²) in [5, 5.41) is 1.06.